The fraction of sp³-hybridized carbons (Fsp3) is 0.321. The number of nitrogens with one attached hydrogen (secondary N) is 3. The molecule has 0 fully saturated rings. The summed E-state index contributed by atoms with van der Waals surface area (Å²) in [6.45, 7) is 18.2. The van der Waals surface area contributed by atoms with Crippen LogP contribution in [0.4, 0.5) is 17.2 Å². The number of aliphatic imine (C=N–C) groups is 2. The van der Waals surface area contributed by atoms with E-state index in [9.17, 15) is 0 Å². The smallest absolute Gasteiger partial charge is 0.171 e. The highest BCUT2D eigenvalue weighted by molar-refractivity contribution is 5.88. The van der Waals surface area contributed by atoms with Gasteiger partial charge < -0.3 is 20.5 Å². The Hall–Kier alpha value is -3.87. The van der Waals surface area contributed by atoms with Crippen LogP contribution in [-0.2, 0) is 11.8 Å². The summed E-state index contributed by atoms with van der Waals surface area (Å²) in [6.07, 6.45) is 0.636. The Morgan fingerprint density at radius 2 is 1.66 bits per heavy atom. The van der Waals surface area contributed by atoms with E-state index < -0.39 is 5.66 Å². The maximum atomic E-state index is 5.48. The monoisotopic (exact) mass is 472 g/mol. The second-order valence-corrected chi connectivity index (χ2v) is 10.1. The Morgan fingerprint density at radius 3 is 2.26 bits per heavy atom. The summed E-state index contributed by atoms with van der Waals surface area (Å²) < 4.78 is 5.48. The van der Waals surface area contributed by atoms with Crippen LogP contribution in [0.2, 0.25) is 0 Å². The highest BCUT2D eigenvalue weighted by Gasteiger charge is 2.23. The van der Waals surface area contributed by atoms with Crippen molar-refractivity contribution in [2.24, 2.45) is 9.98 Å². The van der Waals surface area contributed by atoms with E-state index in [2.05, 4.69) is 85.1 Å². The van der Waals surface area contributed by atoms with E-state index in [4.69, 9.17) is 4.52 Å². The summed E-state index contributed by atoms with van der Waals surface area (Å²) in [7, 11) is 1.72. The topological polar surface area (TPSA) is 86.8 Å². The first kappa shape index (κ1) is 25.7. The predicted molar refractivity (Wildman–Crippen MR) is 149 cm³/mol. The van der Waals surface area contributed by atoms with Gasteiger partial charge in [0.15, 0.2) is 5.82 Å². The fourth-order valence-electron chi connectivity index (χ4n) is 3.54. The highest BCUT2D eigenvalue weighted by Crippen LogP contribution is 2.27. The molecule has 0 bridgehead atoms. The molecular weight excluding hydrogens is 436 g/mol. The average molecular weight is 473 g/mol. The standard InChI is InChI=1S/C28H36N6O/c1-19(21-11-9-10-20(16-21)17-25(29-7)30-8)31-22-12-14-23(15-13-22)32-28(5,6)33-26-18-24(35-34-26)27(2,3)4/h9-16,18,31-32H,1,7,17H2,2-6,8H3,(H,33,34). The van der Waals surface area contributed by atoms with Crippen molar-refractivity contribution in [3.8, 4) is 0 Å². The number of hydrogen-bond acceptors (Lipinski definition) is 6. The van der Waals surface area contributed by atoms with E-state index in [1.54, 1.807) is 7.05 Å². The number of anilines is 3. The van der Waals surface area contributed by atoms with Gasteiger partial charge in [-0.25, -0.2) is 4.99 Å². The van der Waals surface area contributed by atoms with Crippen LogP contribution in [0.25, 0.3) is 5.70 Å². The summed E-state index contributed by atoms with van der Waals surface area (Å²) >= 11 is 0. The van der Waals surface area contributed by atoms with E-state index in [1.807, 2.05) is 48.5 Å². The molecule has 0 radical (unpaired) electrons. The molecule has 0 saturated heterocycles. The van der Waals surface area contributed by atoms with Gasteiger partial charge in [-0.1, -0.05) is 50.7 Å². The third-order valence-corrected chi connectivity index (χ3v) is 5.41. The van der Waals surface area contributed by atoms with Crippen LogP contribution < -0.4 is 16.0 Å². The van der Waals surface area contributed by atoms with Crippen molar-refractivity contribution in [2.75, 3.05) is 23.0 Å². The van der Waals surface area contributed by atoms with Crippen LogP contribution in [-0.4, -0.2) is 30.4 Å². The normalized spacial score (nSPS) is 12.2. The maximum Gasteiger partial charge on any atom is 0.171 e. The minimum absolute atomic E-state index is 0.0891. The summed E-state index contributed by atoms with van der Waals surface area (Å²) in [5.74, 6) is 2.25. The maximum absolute atomic E-state index is 5.48. The molecule has 0 unspecified atom stereocenters. The summed E-state index contributed by atoms with van der Waals surface area (Å²) in [5.41, 5.74) is 4.33. The van der Waals surface area contributed by atoms with Crippen molar-refractivity contribution in [1.29, 1.82) is 0 Å². The molecule has 3 N–H and O–H groups in total. The zero-order chi connectivity index (χ0) is 25.6. The number of hydrogen-bond donors (Lipinski definition) is 3. The van der Waals surface area contributed by atoms with Gasteiger partial charge in [-0.2, -0.15) is 0 Å². The largest absolute Gasteiger partial charge is 0.363 e. The first-order valence-corrected chi connectivity index (χ1v) is 11.6. The van der Waals surface area contributed by atoms with Crippen LogP contribution in [0.5, 0.6) is 0 Å². The van der Waals surface area contributed by atoms with E-state index in [1.165, 1.54) is 0 Å². The molecule has 0 amide bonds. The van der Waals surface area contributed by atoms with Gasteiger partial charge in [0.25, 0.3) is 0 Å². The van der Waals surface area contributed by atoms with Crippen LogP contribution >= 0.6 is 0 Å². The van der Waals surface area contributed by atoms with Crippen LogP contribution in [0.15, 0.2) is 75.7 Å². The van der Waals surface area contributed by atoms with Crippen LogP contribution in [0.3, 0.4) is 0 Å². The van der Waals surface area contributed by atoms with Crippen molar-refractivity contribution in [3.05, 3.63) is 78.1 Å². The zero-order valence-corrected chi connectivity index (χ0v) is 21.6. The predicted octanol–water partition coefficient (Wildman–Crippen LogP) is 6.59. The number of rotatable bonds is 9. The number of nitrogens with zero attached hydrogens (tertiary/aromatic N) is 3. The molecule has 7 nitrogen and oxygen atoms in total. The van der Waals surface area contributed by atoms with Gasteiger partial charge in [0.2, 0.25) is 0 Å². The van der Waals surface area contributed by atoms with E-state index in [0.717, 1.165) is 34.0 Å². The third kappa shape index (κ3) is 7.30. The molecule has 0 aliphatic carbocycles. The summed E-state index contributed by atoms with van der Waals surface area (Å²) in [5, 5.41) is 14.4. The third-order valence-electron chi connectivity index (χ3n) is 5.41. The van der Waals surface area contributed by atoms with Crippen molar-refractivity contribution in [3.63, 3.8) is 0 Å². The molecule has 3 aromatic rings. The molecule has 184 valence electrons. The Kier molecular flexibility index (Phi) is 7.79. The highest BCUT2D eigenvalue weighted by atomic mass is 16.5. The SMILES string of the molecule is C=NC(Cc1cccc(C(=C)Nc2ccc(NC(C)(C)Nc3cc(C(C)(C)C)on3)cc2)c1)=NC. The van der Waals surface area contributed by atoms with E-state index >= 15 is 0 Å². The molecule has 0 spiro atoms. The van der Waals surface area contributed by atoms with Crippen molar-refractivity contribution in [1.82, 2.24) is 5.16 Å². The molecule has 1 aromatic heterocycles. The molecule has 3 rings (SSSR count). The minimum Gasteiger partial charge on any atom is -0.363 e. The first-order chi connectivity index (χ1) is 16.5. The molecule has 2 aromatic carbocycles. The molecule has 7 heteroatoms. The Balaban J connectivity index is 1.61. The van der Waals surface area contributed by atoms with Crippen LogP contribution in [0, 0.1) is 0 Å². The van der Waals surface area contributed by atoms with E-state index in [0.29, 0.717) is 18.1 Å². The van der Waals surface area contributed by atoms with Gasteiger partial charge in [-0.15, -0.1) is 0 Å². The van der Waals surface area contributed by atoms with Gasteiger partial charge in [-0.05, 0) is 62.0 Å². The lowest BCUT2D eigenvalue weighted by atomic mass is 9.93. The second kappa shape index (κ2) is 10.6. The molecule has 1 heterocycles. The van der Waals surface area contributed by atoms with Gasteiger partial charge in [0, 0.05) is 42.0 Å². The van der Waals surface area contributed by atoms with Gasteiger partial charge in [0.1, 0.15) is 17.3 Å². The Labute approximate surface area is 208 Å². The first-order valence-electron chi connectivity index (χ1n) is 11.6. The lowest BCUT2D eigenvalue weighted by molar-refractivity contribution is 0.330. The molecular formula is C28H36N6O. The quantitative estimate of drug-likeness (QED) is 0.186. The molecule has 0 saturated carbocycles. The van der Waals surface area contributed by atoms with Crippen LogP contribution in [0.1, 0.15) is 51.5 Å². The number of aromatic nitrogens is 1. The molecule has 0 aliphatic heterocycles. The molecule has 0 atom stereocenters. The van der Waals surface area contributed by atoms with E-state index in [-0.39, 0.29) is 5.41 Å². The number of benzene rings is 2. The summed E-state index contributed by atoms with van der Waals surface area (Å²) in [4.78, 5) is 8.10. The van der Waals surface area contributed by atoms with Crippen molar-refractivity contribution < 1.29 is 4.52 Å². The fourth-order valence-corrected chi connectivity index (χ4v) is 3.54. The number of amidine groups is 1. The Bertz CT molecular complexity index is 1200. The minimum atomic E-state index is -0.439. The second-order valence-electron chi connectivity index (χ2n) is 10.1. The zero-order valence-electron chi connectivity index (χ0n) is 21.6. The van der Waals surface area contributed by atoms with Crippen molar-refractivity contribution >= 4 is 35.4 Å². The molecule has 0 aliphatic rings. The van der Waals surface area contributed by atoms with Crippen molar-refractivity contribution in [2.45, 2.75) is 52.1 Å². The van der Waals surface area contributed by atoms with Gasteiger partial charge in [-0.3, -0.25) is 4.99 Å². The average Bonchev–Trinajstić information content (AvgIpc) is 3.27. The Morgan fingerprint density at radius 1 is 0.971 bits per heavy atom. The van der Waals surface area contributed by atoms with Gasteiger partial charge >= 0.3 is 0 Å². The molecule has 35 heavy (non-hydrogen) atoms. The van der Waals surface area contributed by atoms with Gasteiger partial charge in [0.05, 0.1) is 0 Å². The summed E-state index contributed by atoms with van der Waals surface area (Å²) in [6, 6.07) is 18.2. The lowest BCUT2D eigenvalue weighted by Crippen LogP contribution is -2.39. The lowest BCUT2D eigenvalue weighted by Gasteiger charge is -2.28.